The van der Waals surface area contributed by atoms with Gasteiger partial charge in [0, 0.05) is 52.8 Å². The van der Waals surface area contributed by atoms with Gasteiger partial charge in [-0.15, -0.1) is 0 Å². The molecule has 0 unspecified atom stereocenters. The first kappa shape index (κ1) is 33.6. The normalized spacial score (nSPS) is 13.6. The molecule has 2 amide bonds. The lowest BCUT2D eigenvalue weighted by molar-refractivity contribution is -0.164. The number of methoxy groups -OCH3 is 1. The van der Waals surface area contributed by atoms with Crippen LogP contribution in [-0.4, -0.2) is 56.4 Å². The van der Waals surface area contributed by atoms with Crippen LogP contribution >= 0.6 is 0 Å². The average molecular weight is 671 g/mol. The number of carbonyl (C=O) groups excluding carboxylic acids is 3. The molecule has 256 valence electrons. The first-order valence-electron chi connectivity index (χ1n) is 15.9. The van der Waals surface area contributed by atoms with Gasteiger partial charge in [0.2, 0.25) is 0 Å². The van der Waals surface area contributed by atoms with Crippen molar-refractivity contribution in [2.24, 2.45) is 14.1 Å². The van der Waals surface area contributed by atoms with Crippen LogP contribution in [0.15, 0.2) is 36.5 Å². The summed E-state index contributed by atoms with van der Waals surface area (Å²) in [6, 6.07) is 8.12. The predicted octanol–water partition coefficient (Wildman–Crippen LogP) is 5.31. The van der Waals surface area contributed by atoms with Crippen molar-refractivity contribution in [2.45, 2.75) is 59.2 Å². The van der Waals surface area contributed by atoms with E-state index in [0.717, 1.165) is 28.5 Å². The largest absolute Gasteiger partial charge is 0.490 e. The van der Waals surface area contributed by atoms with Crippen molar-refractivity contribution in [3.63, 3.8) is 0 Å². The van der Waals surface area contributed by atoms with E-state index in [1.165, 1.54) is 13.2 Å². The maximum absolute atomic E-state index is 15.8. The van der Waals surface area contributed by atoms with Crippen molar-refractivity contribution in [2.75, 3.05) is 13.7 Å². The number of nitrogens with zero attached hydrogens (tertiary/aromatic N) is 4. The number of benzene rings is 2. The smallest absolute Gasteiger partial charge is 0.339 e. The number of aryl methyl sites for hydroxylation is 3. The molecule has 0 aliphatic carbocycles. The van der Waals surface area contributed by atoms with Gasteiger partial charge < -0.3 is 18.8 Å². The molecule has 2 aromatic carbocycles. The highest BCUT2D eigenvalue weighted by Gasteiger charge is 2.35. The van der Waals surface area contributed by atoms with E-state index in [2.05, 4.69) is 16.0 Å². The zero-order chi connectivity index (χ0) is 35.4. The van der Waals surface area contributed by atoms with Gasteiger partial charge in [0.15, 0.2) is 17.7 Å². The standard InChI is InChI=1S/C36H39FN6O6/c1-18-22-10-9-13-48-30(22)25(37)15-23(18)29-24-16-27(34(45)41-40-33(44)20-11-12-26-21(14-20)17-38-43(26)7)42(6)32(24)39-19(2)28(29)31(35(46)47-8)49-36(3,4)5/h11-12,14-17,31H,9-10,13H2,1-8H3,(H,40,44)(H,41,45)/t31-/m0/s1. The number of nitrogens with one attached hydrogen (secondary N) is 2. The molecule has 0 bridgehead atoms. The fraction of sp³-hybridized carbons (Fsp3) is 0.361. The van der Waals surface area contributed by atoms with E-state index >= 15 is 4.39 Å². The number of rotatable bonds is 6. The molecule has 13 heteroatoms. The molecule has 0 saturated carbocycles. The van der Waals surface area contributed by atoms with Crippen LogP contribution in [-0.2, 0) is 34.8 Å². The van der Waals surface area contributed by atoms with Crippen molar-refractivity contribution in [1.29, 1.82) is 0 Å². The summed E-state index contributed by atoms with van der Waals surface area (Å²) in [5, 5.41) is 5.46. The lowest BCUT2D eigenvalue weighted by Crippen LogP contribution is -2.42. The molecular weight excluding hydrogens is 631 g/mol. The van der Waals surface area contributed by atoms with Gasteiger partial charge >= 0.3 is 5.97 Å². The number of hydrogen-bond donors (Lipinski definition) is 2. The van der Waals surface area contributed by atoms with Crippen molar-refractivity contribution >= 4 is 39.7 Å². The van der Waals surface area contributed by atoms with Crippen LogP contribution in [0.4, 0.5) is 4.39 Å². The number of ether oxygens (including phenoxy) is 3. The average Bonchev–Trinajstić information content (AvgIpc) is 3.61. The van der Waals surface area contributed by atoms with E-state index < -0.39 is 35.3 Å². The Morgan fingerprint density at radius 2 is 1.80 bits per heavy atom. The Morgan fingerprint density at radius 3 is 2.51 bits per heavy atom. The number of fused-ring (bicyclic) bond motifs is 3. The molecule has 3 aromatic heterocycles. The second-order valence-electron chi connectivity index (χ2n) is 13.2. The first-order valence-corrected chi connectivity index (χ1v) is 15.9. The topological polar surface area (TPSA) is 139 Å². The fourth-order valence-electron chi connectivity index (χ4n) is 6.44. The minimum Gasteiger partial charge on any atom is -0.490 e. The van der Waals surface area contributed by atoms with Crippen LogP contribution in [0.25, 0.3) is 33.1 Å². The Hall–Kier alpha value is -5.30. The lowest BCUT2D eigenvalue weighted by Gasteiger charge is -2.29. The third kappa shape index (κ3) is 6.10. The molecule has 1 aliphatic rings. The molecule has 0 spiro atoms. The number of halogens is 1. The Balaban J connectivity index is 1.48. The predicted molar refractivity (Wildman–Crippen MR) is 181 cm³/mol. The monoisotopic (exact) mass is 670 g/mol. The van der Waals surface area contributed by atoms with E-state index in [9.17, 15) is 14.4 Å². The third-order valence-corrected chi connectivity index (χ3v) is 8.79. The molecule has 1 aliphatic heterocycles. The molecular formula is C36H39FN6O6. The minimum absolute atomic E-state index is 0.161. The van der Waals surface area contributed by atoms with Gasteiger partial charge in [-0.25, -0.2) is 14.2 Å². The van der Waals surface area contributed by atoms with Crippen molar-refractivity contribution in [3.8, 4) is 16.9 Å². The van der Waals surface area contributed by atoms with Crippen LogP contribution in [0.1, 0.15) is 76.5 Å². The summed E-state index contributed by atoms with van der Waals surface area (Å²) in [5.41, 5.74) is 9.30. The summed E-state index contributed by atoms with van der Waals surface area (Å²) in [6.45, 7) is 9.50. The molecule has 2 N–H and O–H groups in total. The maximum Gasteiger partial charge on any atom is 0.339 e. The van der Waals surface area contributed by atoms with E-state index in [1.54, 1.807) is 53.7 Å². The second kappa shape index (κ2) is 12.6. The number of carbonyl (C=O) groups is 3. The van der Waals surface area contributed by atoms with Gasteiger partial charge in [0.05, 0.1) is 31.0 Å². The summed E-state index contributed by atoms with van der Waals surface area (Å²) < 4.78 is 36.3. The molecule has 12 nitrogen and oxygen atoms in total. The summed E-state index contributed by atoms with van der Waals surface area (Å²) in [7, 11) is 4.75. The second-order valence-corrected chi connectivity index (χ2v) is 13.2. The number of hydrogen-bond acceptors (Lipinski definition) is 8. The first-order chi connectivity index (χ1) is 23.2. The lowest BCUT2D eigenvalue weighted by atomic mass is 9.86. The van der Waals surface area contributed by atoms with Gasteiger partial charge in [0.1, 0.15) is 11.3 Å². The number of aromatic nitrogens is 4. The van der Waals surface area contributed by atoms with Crippen molar-refractivity contribution in [1.82, 2.24) is 30.2 Å². The molecule has 6 rings (SSSR count). The molecule has 49 heavy (non-hydrogen) atoms. The Bertz CT molecular complexity index is 2160. The summed E-state index contributed by atoms with van der Waals surface area (Å²) in [5.74, 6) is -2.09. The number of amides is 2. The molecule has 5 aromatic rings. The van der Waals surface area contributed by atoms with Crippen LogP contribution in [0.2, 0.25) is 0 Å². The summed E-state index contributed by atoms with van der Waals surface area (Å²) in [4.78, 5) is 44.8. The molecule has 0 fully saturated rings. The van der Waals surface area contributed by atoms with Crippen LogP contribution in [0.3, 0.4) is 0 Å². The number of esters is 1. The molecule has 4 heterocycles. The Labute approximate surface area is 282 Å². The Kier molecular flexibility index (Phi) is 8.65. The minimum atomic E-state index is -1.22. The van der Waals surface area contributed by atoms with Crippen LogP contribution in [0, 0.1) is 19.7 Å². The van der Waals surface area contributed by atoms with Gasteiger partial charge in [-0.2, -0.15) is 5.10 Å². The van der Waals surface area contributed by atoms with Gasteiger partial charge in [-0.3, -0.25) is 25.1 Å². The third-order valence-electron chi connectivity index (χ3n) is 8.79. The SMILES string of the molecule is COC(=O)[C@@H](OC(C)(C)C)c1c(C)nc2c(cc(C(=O)NNC(=O)c3ccc4c(cnn4C)c3)n2C)c1-c1cc(F)c2c(c1C)CCCO2. The van der Waals surface area contributed by atoms with Gasteiger partial charge in [-0.05, 0) is 88.9 Å². The summed E-state index contributed by atoms with van der Waals surface area (Å²) in [6.07, 6.45) is 1.77. The highest BCUT2D eigenvalue weighted by Crippen LogP contribution is 2.45. The number of pyridine rings is 1. The van der Waals surface area contributed by atoms with Crippen molar-refractivity contribution < 1.29 is 33.0 Å². The highest BCUT2D eigenvalue weighted by molar-refractivity contribution is 6.06. The highest BCUT2D eigenvalue weighted by atomic mass is 19.1. The summed E-state index contributed by atoms with van der Waals surface area (Å²) >= 11 is 0. The number of hydrazine groups is 1. The zero-order valence-electron chi connectivity index (χ0n) is 28.8. The van der Waals surface area contributed by atoms with E-state index in [0.29, 0.717) is 52.0 Å². The van der Waals surface area contributed by atoms with Crippen LogP contribution in [0.5, 0.6) is 5.75 Å². The van der Waals surface area contributed by atoms with Crippen molar-refractivity contribution in [3.05, 3.63) is 76.0 Å². The van der Waals surface area contributed by atoms with E-state index in [4.69, 9.17) is 19.2 Å². The maximum atomic E-state index is 15.8. The quantitative estimate of drug-likeness (QED) is 0.183. The van der Waals surface area contributed by atoms with Gasteiger partial charge in [0.25, 0.3) is 11.8 Å². The van der Waals surface area contributed by atoms with E-state index in [1.807, 2.05) is 34.7 Å². The van der Waals surface area contributed by atoms with E-state index in [-0.39, 0.29) is 11.4 Å². The molecule has 1 atom stereocenters. The molecule has 0 saturated heterocycles. The Morgan fingerprint density at radius 1 is 1.06 bits per heavy atom. The van der Waals surface area contributed by atoms with Crippen LogP contribution < -0.4 is 15.6 Å². The molecule has 0 radical (unpaired) electrons. The fourth-order valence-corrected chi connectivity index (χ4v) is 6.44. The zero-order valence-corrected chi connectivity index (χ0v) is 28.8. The van der Waals surface area contributed by atoms with Gasteiger partial charge in [-0.1, -0.05) is 0 Å².